The number of nitrogens with zero attached hydrogens (tertiary/aromatic N) is 2. The molecule has 5 rings (SSSR count). The molecule has 5 heteroatoms. The van der Waals surface area contributed by atoms with E-state index >= 15 is 0 Å². The number of rotatable bonds is 9. The maximum atomic E-state index is 13.5. The SMILES string of the molecule is O=C(NC(Cc1ccccc1)c1ccccc1)c1cccnc1NC1CCN(Cc2ccccc2)CC1. The molecule has 1 saturated heterocycles. The van der Waals surface area contributed by atoms with E-state index in [1.165, 1.54) is 11.1 Å². The first kappa shape index (κ1) is 24.7. The number of amides is 1. The monoisotopic (exact) mass is 490 g/mol. The lowest BCUT2D eigenvalue weighted by atomic mass is 9.98. The number of benzene rings is 3. The molecular weight excluding hydrogens is 456 g/mol. The van der Waals surface area contributed by atoms with Gasteiger partial charge < -0.3 is 10.6 Å². The molecule has 2 heterocycles. The van der Waals surface area contributed by atoms with Gasteiger partial charge in [-0.3, -0.25) is 9.69 Å². The summed E-state index contributed by atoms with van der Waals surface area (Å²) in [7, 11) is 0. The van der Waals surface area contributed by atoms with Gasteiger partial charge in [-0.05, 0) is 48.1 Å². The molecule has 0 bridgehead atoms. The molecule has 3 aromatic carbocycles. The normalized spacial score (nSPS) is 15.1. The highest BCUT2D eigenvalue weighted by Gasteiger charge is 2.23. The van der Waals surface area contributed by atoms with Crippen molar-refractivity contribution in [3.05, 3.63) is 132 Å². The van der Waals surface area contributed by atoms with E-state index in [0.29, 0.717) is 17.4 Å². The second-order valence-corrected chi connectivity index (χ2v) is 9.71. The first-order chi connectivity index (χ1) is 18.2. The van der Waals surface area contributed by atoms with Crippen LogP contribution in [0.3, 0.4) is 0 Å². The molecule has 1 atom stereocenters. The second kappa shape index (κ2) is 12.3. The standard InChI is InChI=1S/C32H34N4O/c37-32(35-30(27-15-8-3-9-16-27)23-25-11-4-1-5-12-25)29-17-10-20-33-31(29)34-28-18-21-36(22-19-28)24-26-13-6-2-7-14-26/h1-17,20,28,30H,18-19,21-24H2,(H,33,34)(H,35,37). The van der Waals surface area contributed by atoms with E-state index in [4.69, 9.17) is 0 Å². The topological polar surface area (TPSA) is 57.3 Å². The van der Waals surface area contributed by atoms with Crippen LogP contribution in [0.15, 0.2) is 109 Å². The minimum atomic E-state index is -0.134. The number of hydrogen-bond donors (Lipinski definition) is 2. The largest absolute Gasteiger partial charge is 0.367 e. The lowest BCUT2D eigenvalue weighted by Crippen LogP contribution is -2.39. The Morgan fingerprint density at radius 3 is 2.11 bits per heavy atom. The summed E-state index contributed by atoms with van der Waals surface area (Å²) in [4.78, 5) is 20.6. The van der Waals surface area contributed by atoms with Crippen molar-refractivity contribution >= 4 is 11.7 Å². The van der Waals surface area contributed by atoms with Gasteiger partial charge in [-0.15, -0.1) is 0 Å². The number of carbonyl (C=O) groups is 1. The number of hydrogen-bond acceptors (Lipinski definition) is 4. The molecule has 1 aliphatic heterocycles. The molecule has 1 aliphatic rings. The van der Waals surface area contributed by atoms with Crippen LogP contribution in [0, 0.1) is 0 Å². The molecule has 5 nitrogen and oxygen atoms in total. The van der Waals surface area contributed by atoms with E-state index in [2.05, 4.69) is 75.1 Å². The van der Waals surface area contributed by atoms with Gasteiger partial charge in [0.2, 0.25) is 0 Å². The Balaban J connectivity index is 1.24. The predicted octanol–water partition coefficient (Wildman–Crippen LogP) is 5.87. The summed E-state index contributed by atoms with van der Waals surface area (Å²) < 4.78 is 0. The van der Waals surface area contributed by atoms with Crippen LogP contribution >= 0.6 is 0 Å². The van der Waals surface area contributed by atoms with Gasteiger partial charge in [0.05, 0.1) is 11.6 Å². The Kier molecular flexibility index (Phi) is 8.24. The molecule has 0 radical (unpaired) electrons. The van der Waals surface area contributed by atoms with E-state index in [0.717, 1.165) is 44.5 Å². The van der Waals surface area contributed by atoms with Crippen LogP contribution in [-0.4, -0.2) is 34.9 Å². The first-order valence-corrected chi connectivity index (χ1v) is 13.1. The van der Waals surface area contributed by atoms with Crippen LogP contribution in [0.2, 0.25) is 0 Å². The summed E-state index contributed by atoms with van der Waals surface area (Å²) in [6, 6.07) is 34.9. The summed E-state index contributed by atoms with van der Waals surface area (Å²) >= 11 is 0. The zero-order chi connectivity index (χ0) is 25.3. The zero-order valence-corrected chi connectivity index (χ0v) is 21.1. The van der Waals surface area contributed by atoms with Crippen molar-refractivity contribution in [1.29, 1.82) is 0 Å². The fourth-order valence-electron chi connectivity index (χ4n) is 5.00. The number of piperidine rings is 1. The fraction of sp³-hybridized carbons (Fsp3) is 0.250. The predicted molar refractivity (Wildman–Crippen MR) is 149 cm³/mol. The lowest BCUT2D eigenvalue weighted by molar-refractivity contribution is 0.0937. The molecule has 4 aromatic rings. The maximum Gasteiger partial charge on any atom is 0.255 e. The summed E-state index contributed by atoms with van der Waals surface area (Å²) in [5, 5.41) is 6.86. The third-order valence-electron chi connectivity index (χ3n) is 7.02. The third-order valence-corrected chi connectivity index (χ3v) is 7.02. The van der Waals surface area contributed by atoms with Gasteiger partial charge in [0.25, 0.3) is 5.91 Å². The summed E-state index contributed by atoms with van der Waals surface area (Å²) in [6.07, 6.45) is 4.51. The highest BCUT2D eigenvalue weighted by atomic mass is 16.1. The van der Waals surface area contributed by atoms with Gasteiger partial charge in [-0.1, -0.05) is 91.0 Å². The molecule has 2 N–H and O–H groups in total. The second-order valence-electron chi connectivity index (χ2n) is 9.71. The van der Waals surface area contributed by atoms with E-state index < -0.39 is 0 Å². The van der Waals surface area contributed by atoms with Crippen molar-refractivity contribution in [3.63, 3.8) is 0 Å². The molecule has 37 heavy (non-hydrogen) atoms. The molecule has 1 amide bonds. The van der Waals surface area contributed by atoms with Crippen molar-refractivity contribution in [3.8, 4) is 0 Å². The number of anilines is 1. The molecule has 0 aliphatic carbocycles. The molecule has 0 saturated carbocycles. The van der Waals surface area contributed by atoms with E-state index in [1.54, 1.807) is 6.20 Å². The zero-order valence-electron chi connectivity index (χ0n) is 21.1. The Bertz CT molecular complexity index is 1260. The molecule has 188 valence electrons. The summed E-state index contributed by atoms with van der Waals surface area (Å²) in [6.45, 7) is 3.02. The molecular formula is C32H34N4O. The van der Waals surface area contributed by atoms with Crippen molar-refractivity contribution in [2.45, 2.75) is 37.9 Å². The first-order valence-electron chi connectivity index (χ1n) is 13.1. The van der Waals surface area contributed by atoms with Gasteiger partial charge in [0.15, 0.2) is 0 Å². The van der Waals surface area contributed by atoms with Crippen molar-refractivity contribution in [2.24, 2.45) is 0 Å². The number of pyridine rings is 1. The van der Waals surface area contributed by atoms with Gasteiger partial charge in [-0.2, -0.15) is 0 Å². The van der Waals surface area contributed by atoms with Gasteiger partial charge in [0, 0.05) is 31.9 Å². The number of nitrogens with one attached hydrogen (secondary N) is 2. The number of likely N-dealkylation sites (tertiary alicyclic amines) is 1. The van der Waals surface area contributed by atoms with Crippen LogP contribution in [0.25, 0.3) is 0 Å². The van der Waals surface area contributed by atoms with Crippen LogP contribution in [-0.2, 0) is 13.0 Å². The van der Waals surface area contributed by atoms with E-state index in [9.17, 15) is 4.79 Å². The third kappa shape index (κ3) is 6.83. The van der Waals surface area contributed by atoms with Crippen molar-refractivity contribution in [2.75, 3.05) is 18.4 Å². The van der Waals surface area contributed by atoms with Gasteiger partial charge >= 0.3 is 0 Å². The van der Waals surface area contributed by atoms with Crippen LogP contribution in [0.4, 0.5) is 5.82 Å². The number of aromatic nitrogens is 1. The highest BCUT2D eigenvalue weighted by molar-refractivity contribution is 5.99. The van der Waals surface area contributed by atoms with Crippen molar-refractivity contribution < 1.29 is 4.79 Å². The quantitative estimate of drug-likeness (QED) is 0.308. The molecule has 1 fully saturated rings. The average Bonchev–Trinajstić information content (AvgIpc) is 2.95. The van der Waals surface area contributed by atoms with Gasteiger partial charge in [0.1, 0.15) is 5.82 Å². The van der Waals surface area contributed by atoms with Crippen LogP contribution < -0.4 is 10.6 Å². The van der Waals surface area contributed by atoms with E-state index in [1.807, 2.05) is 48.5 Å². The lowest BCUT2D eigenvalue weighted by Gasteiger charge is -2.33. The molecule has 0 spiro atoms. The number of carbonyl (C=O) groups excluding carboxylic acids is 1. The fourth-order valence-corrected chi connectivity index (χ4v) is 5.00. The Morgan fingerprint density at radius 1 is 0.811 bits per heavy atom. The van der Waals surface area contributed by atoms with E-state index in [-0.39, 0.29) is 11.9 Å². The Hall–Kier alpha value is -3.96. The maximum absolute atomic E-state index is 13.5. The van der Waals surface area contributed by atoms with Gasteiger partial charge in [-0.25, -0.2) is 4.98 Å². The summed E-state index contributed by atoms with van der Waals surface area (Å²) in [5.74, 6) is 0.551. The average molecular weight is 491 g/mol. The minimum Gasteiger partial charge on any atom is -0.367 e. The Morgan fingerprint density at radius 2 is 1.43 bits per heavy atom. The Labute approximate surface area is 219 Å². The molecule has 1 aromatic heterocycles. The van der Waals surface area contributed by atoms with Crippen LogP contribution in [0.5, 0.6) is 0 Å². The smallest absolute Gasteiger partial charge is 0.255 e. The summed E-state index contributed by atoms with van der Waals surface area (Å²) in [5.41, 5.74) is 4.21. The van der Waals surface area contributed by atoms with Crippen LogP contribution in [0.1, 0.15) is 45.9 Å². The minimum absolute atomic E-state index is 0.109. The highest BCUT2D eigenvalue weighted by Crippen LogP contribution is 2.23. The van der Waals surface area contributed by atoms with Crippen molar-refractivity contribution in [1.82, 2.24) is 15.2 Å². The molecule has 1 unspecified atom stereocenters.